The number of ether oxygens (including phenoxy) is 2. The Balaban J connectivity index is 4.77. The summed E-state index contributed by atoms with van der Waals surface area (Å²) in [4.78, 5) is 43.6. The maximum absolute atomic E-state index is 11.2. The predicted molar refractivity (Wildman–Crippen MR) is 66.6 cm³/mol. The van der Waals surface area contributed by atoms with E-state index in [4.69, 9.17) is 20.1 Å². The fraction of sp³-hybridized carbons (Fsp3) is 0.500. The largest absolute Gasteiger partial charge is 0.481 e. The minimum absolute atomic E-state index is 0.121. The Morgan fingerprint density at radius 3 is 1.81 bits per heavy atom. The maximum atomic E-state index is 11.2. The molecule has 3 N–H and O–H groups in total. The molecule has 21 heavy (non-hydrogen) atoms. The lowest BCUT2D eigenvalue weighted by Gasteiger charge is -2.26. The van der Waals surface area contributed by atoms with Crippen molar-refractivity contribution in [2.24, 2.45) is 0 Å². The van der Waals surface area contributed by atoms with Gasteiger partial charge in [-0.2, -0.15) is 0 Å². The van der Waals surface area contributed by atoms with Gasteiger partial charge < -0.3 is 24.8 Å². The summed E-state index contributed by atoms with van der Waals surface area (Å²) in [7, 11) is 0. The molecule has 0 aromatic carbocycles. The molecule has 118 valence electrons. The average molecular weight is 304 g/mol. The first-order valence-corrected chi connectivity index (χ1v) is 5.74. The van der Waals surface area contributed by atoms with Crippen LogP contribution in [0, 0.1) is 0 Å². The summed E-state index contributed by atoms with van der Waals surface area (Å²) in [6.45, 7) is 3.90. The molecule has 0 saturated carbocycles. The van der Waals surface area contributed by atoms with Gasteiger partial charge in [0.25, 0.3) is 0 Å². The summed E-state index contributed by atoms with van der Waals surface area (Å²) in [6.07, 6.45) is -2.08. The second-order valence-electron chi connectivity index (χ2n) is 4.21. The van der Waals surface area contributed by atoms with Gasteiger partial charge in [-0.05, 0) is 6.92 Å². The van der Waals surface area contributed by atoms with Crippen LogP contribution in [-0.2, 0) is 28.7 Å². The topological polar surface area (TPSA) is 147 Å². The lowest BCUT2D eigenvalue weighted by molar-refractivity contribution is -0.180. The first kappa shape index (κ1) is 18.6. The molecule has 0 radical (unpaired) electrons. The molecular weight excluding hydrogens is 288 g/mol. The van der Waals surface area contributed by atoms with E-state index in [9.17, 15) is 19.2 Å². The van der Waals surface area contributed by atoms with Crippen molar-refractivity contribution in [3.63, 3.8) is 0 Å². The van der Waals surface area contributed by atoms with Gasteiger partial charge in [0.2, 0.25) is 0 Å². The van der Waals surface area contributed by atoms with Crippen molar-refractivity contribution in [2.45, 2.75) is 25.4 Å². The van der Waals surface area contributed by atoms with E-state index in [2.05, 4.69) is 11.3 Å². The third kappa shape index (κ3) is 6.52. The molecule has 0 heterocycles. The van der Waals surface area contributed by atoms with Crippen molar-refractivity contribution in [2.75, 3.05) is 13.2 Å². The molecular formula is C12H16O9. The predicted octanol–water partition coefficient (Wildman–Crippen LogP) is -0.105. The summed E-state index contributed by atoms with van der Waals surface area (Å²) >= 11 is 0. The minimum atomic E-state index is -2.42. The summed E-state index contributed by atoms with van der Waals surface area (Å²) in [6, 6.07) is 0. The number of carboxylic acid groups (broad SMARTS) is 3. The molecule has 0 aromatic rings. The number of aliphatic carboxylic acids is 3. The Labute approximate surface area is 119 Å². The highest BCUT2D eigenvalue weighted by atomic mass is 16.6. The maximum Gasteiger partial charge on any atom is 0.337 e. The van der Waals surface area contributed by atoms with Gasteiger partial charge in [-0.3, -0.25) is 9.59 Å². The smallest absolute Gasteiger partial charge is 0.337 e. The van der Waals surface area contributed by atoms with Crippen molar-refractivity contribution in [1.82, 2.24) is 0 Å². The molecule has 0 amide bonds. The van der Waals surface area contributed by atoms with Crippen molar-refractivity contribution in [1.29, 1.82) is 0 Å². The first-order valence-electron chi connectivity index (χ1n) is 5.74. The Bertz CT molecular complexity index is 436. The molecule has 0 spiro atoms. The van der Waals surface area contributed by atoms with Crippen LogP contribution in [0.3, 0.4) is 0 Å². The highest BCUT2D eigenvalue weighted by molar-refractivity contribution is 5.88. The van der Waals surface area contributed by atoms with Crippen LogP contribution in [0.25, 0.3) is 0 Å². The fourth-order valence-electron chi connectivity index (χ4n) is 1.36. The van der Waals surface area contributed by atoms with E-state index in [0.717, 1.165) is 0 Å². The van der Waals surface area contributed by atoms with Crippen LogP contribution in [0.2, 0.25) is 0 Å². The Kier molecular flexibility index (Phi) is 7.08. The van der Waals surface area contributed by atoms with Gasteiger partial charge in [0, 0.05) is 5.57 Å². The summed E-state index contributed by atoms with van der Waals surface area (Å²) < 4.78 is 9.51. The Morgan fingerprint density at radius 1 is 1.00 bits per heavy atom. The Hall–Kier alpha value is -2.42. The molecule has 0 aliphatic rings. The molecule has 0 aliphatic carbocycles. The molecule has 0 aromatic heterocycles. The molecule has 0 saturated heterocycles. The van der Waals surface area contributed by atoms with Crippen LogP contribution < -0.4 is 0 Å². The number of hydrogen-bond acceptors (Lipinski definition) is 6. The Morgan fingerprint density at radius 2 is 1.48 bits per heavy atom. The van der Waals surface area contributed by atoms with E-state index in [1.807, 2.05) is 0 Å². The second kappa shape index (κ2) is 8.00. The van der Waals surface area contributed by atoms with Gasteiger partial charge >= 0.3 is 23.9 Å². The third-order valence-electron chi connectivity index (χ3n) is 2.31. The van der Waals surface area contributed by atoms with Crippen LogP contribution in [-0.4, -0.2) is 58.0 Å². The van der Waals surface area contributed by atoms with Crippen LogP contribution >= 0.6 is 0 Å². The standard InChI is InChI=1S/C12H16O9/c1-7(2)10(17)20-3-4-21-12(11(18)19,5-8(13)14)6-9(15)16/h1,3-6H2,2H3,(H,13,14)(H,15,16)(H,18,19). The highest BCUT2D eigenvalue weighted by Crippen LogP contribution is 2.22. The zero-order valence-electron chi connectivity index (χ0n) is 11.3. The number of esters is 1. The minimum Gasteiger partial charge on any atom is -0.481 e. The molecule has 0 unspecified atom stereocenters. The lowest BCUT2D eigenvalue weighted by Crippen LogP contribution is -2.46. The third-order valence-corrected chi connectivity index (χ3v) is 2.31. The number of carbonyl (C=O) groups excluding carboxylic acids is 1. The van der Waals surface area contributed by atoms with Gasteiger partial charge in [-0.25, -0.2) is 9.59 Å². The summed E-state index contributed by atoms with van der Waals surface area (Å²) in [5.41, 5.74) is -2.30. The van der Waals surface area contributed by atoms with E-state index in [0.29, 0.717) is 0 Å². The van der Waals surface area contributed by atoms with Gasteiger partial charge in [0.15, 0.2) is 5.60 Å². The molecule has 0 aliphatic heterocycles. The van der Waals surface area contributed by atoms with Gasteiger partial charge in [0.1, 0.15) is 6.61 Å². The second-order valence-corrected chi connectivity index (χ2v) is 4.21. The first-order chi connectivity index (χ1) is 9.60. The van der Waals surface area contributed by atoms with E-state index >= 15 is 0 Å². The summed E-state index contributed by atoms with van der Waals surface area (Å²) in [5, 5.41) is 26.4. The number of carbonyl (C=O) groups is 4. The zero-order valence-corrected chi connectivity index (χ0v) is 11.3. The zero-order chi connectivity index (χ0) is 16.6. The van der Waals surface area contributed by atoms with Crippen LogP contribution in [0.1, 0.15) is 19.8 Å². The number of hydrogen-bond donors (Lipinski definition) is 3. The normalized spacial score (nSPS) is 10.7. The van der Waals surface area contributed by atoms with Crippen LogP contribution in [0.5, 0.6) is 0 Å². The fourth-order valence-corrected chi connectivity index (χ4v) is 1.36. The van der Waals surface area contributed by atoms with E-state index in [1.54, 1.807) is 0 Å². The SMILES string of the molecule is C=C(C)C(=O)OCCOC(CC(=O)O)(CC(=O)O)C(=O)O. The van der Waals surface area contributed by atoms with E-state index < -0.39 is 48.9 Å². The molecule has 9 nitrogen and oxygen atoms in total. The number of carboxylic acids is 3. The summed E-state index contributed by atoms with van der Waals surface area (Å²) in [5.74, 6) is -5.51. The molecule has 0 rings (SSSR count). The monoisotopic (exact) mass is 304 g/mol. The van der Waals surface area contributed by atoms with E-state index in [-0.39, 0.29) is 12.2 Å². The molecule has 0 bridgehead atoms. The van der Waals surface area contributed by atoms with Crippen molar-refractivity contribution in [3.8, 4) is 0 Å². The van der Waals surface area contributed by atoms with Gasteiger partial charge in [-0.15, -0.1) is 0 Å². The number of rotatable bonds is 10. The van der Waals surface area contributed by atoms with Gasteiger partial charge in [0.05, 0.1) is 19.4 Å². The average Bonchev–Trinajstić information content (AvgIpc) is 2.32. The quantitative estimate of drug-likeness (QED) is 0.285. The van der Waals surface area contributed by atoms with Crippen molar-refractivity contribution in [3.05, 3.63) is 12.2 Å². The van der Waals surface area contributed by atoms with Gasteiger partial charge in [-0.1, -0.05) is 6.58 Å². The van der Waals surface area contributed by atoms with Crippen molar-refractivity contribution >= 4 is 23.9 Å². The van der Waals surface area contributed by atoms with Crippen molar-refractivity contribution < 1.29 is 44.0 Å². The van der Waals surface area contributed by atoms with E-state index in [1.165, 1.54) is 6.92 Å². The lowest BCUT2D eigenvalue weighted by atomic mass is 9.95. The molecule has 0 atom stereocenters. The molecule has 0 fully saturated rings. The van der Waals surface area contributed by atoms with Crippen LogP contribution in [0.15, 0.2) is 12.2 Å². The molecule has 9 heteroatoms. The highest BCUT2D eigenvalue weighted by Gasteiger charge is 2.44. The van der Waals surface area contributed by atoms with Crippen LogP contribution in [0.4, 0.5) is 0 Å².